The van der Waals surface area contributed by atoms with Crippen molar-refractivity contribution in [1.82, 2.24) is 0 Å². The van der Waals surface area contributed by atoms with Crippen LogP contribution in [0.4, 0.5) is 0 Å². The van der Waals surface area contributed by atoms with Crippen LogP contribution in [-0.4, -0.2) is 10.5 Å². The molecule has 1 unspecified atom stereocenters. The predicted molar refractivity (Wildman–Crippen MR) is 37.8 cm³/mol. The Morgan fingerprint density at radius 3 is 2.00 bits per heavy atom. The van der Waals surface area contributed by atoms with E-state index >= 15 is 0 Å². The molecule has 0 amide bonds. The first-order valence-electron chi connectivity index (χ1n) is 2.72. The van der Waals surface area contributed by atoms with Gasteiger partial charge in [-0.3, -0.25) is 0 Å². The van der Waals surface area contributed by atoms with Crippen molar-refractivity contribution >= 4 is 11.8 Å². The fraction of sp³-hybridized carbons (Fsp3) is 0.833. The van der Waals surface area contributed by atoms with Gasteiger partial charge in [-0.15, -0.1) is 11.8 Å². The van der Waals surface area contributed by atoms with E-state index < -0.39 is 0 Å². The summed E-state index contributed by atoms with van der Waals surface area (Å²) < 4.78 is 0. The van der Waals surface area contributed by atoms with E-state index in [9.17, 15) is 0 Å². The molecule has 0 heterocycles. The second-order valence-electron chi connectivity index (χ2n) is 1.96. The number of thioether (sulfide) groups is 1. The van der Waals surface area contributed by atoms with Crippen molar-refractivity contribution < 1.29 is 0 Å². The van der Waals surface area contributed by atoms with Crippen LogP contribution in [0, 0.1) is 11.3 Å². The summed E-state index contributed by atoms with van der Waals surface area (Å²) in [6.45, 7) is 6.11. The Hall–Kier alpha value is -0.160. The second-order valence-corrected chi connectivity index (χ2v) is 3.88. The zero-order valence-electron chi connectivity index (χ0n) is 5.51. The Morgan fingerprint density at radius 1 is 1.38 bits per heavy atom. The van der Waals surface area contributed by atoms with Crippen LogP contribution in [0.25, 0.3) is 0 Å². The Morgan fingerprint density at radius 2 is 1.88 bits per heavy atom. The number of hydrogen-bond donors (Lipinski definition) is 0. The van der Waals surface area contributed by atoms with Crippen LogP contribution in [0.2, 0.25) is 0 Å². The highest BCUT2D eigenvalue weighted by Crippen LogP contribution is 2.14. The average molecular weight is 129 g/mol. The lowest BCUT2D eigenvalue weighted by Gasteiger charge is -2.03. The van der Waals surface area contributed by atoms with E-state index in [1.54, 1.807) is 11.8 Å². The van der Waals surface area contributed by atoms with Gasteiger partial charge in [0.1, 0.15) is 0 Å². The number of hydrogen-bond acceptors (Lipinski definition) is 2. The maximum Gasteiger partial charge on any atom is 0.0891 e. The first kappa shape index (κ1) is 7.84. The zero-order chi connectivity index (χ0) is 6.57. The highest BCUT2D eigenvalue weighted by molar-refractivity contribution is 8.00. The summed E-state index contributed by atoms with van der Waals surface area (Å²) in [6, 6.07) is 2.16. The Bertz CT molecular complexity index is 93.2. The maximum atomic E-state index is 8.31. The highest BCUT2D eigenvalue weighted by atomic mass is 32.2. The molecule has 0 radical (unpaired) electrons. The van der Waals surface area contributed by atoms with Crippen molar-refractivity contribution in [3.63, 3.8) is 0 Å². The van der Waals surface area contributed by atoms with Crippen molar-refractivity contribution in [2.45, 2.75) is 31.3 Å². The van der Waals surface area contributed by atoms with Crippen molar-refractivity contribution in [3.8, 4) is 6.07 Å². The van der Waals surface area contributed by atoms with E-state index in [2.05, 4.69) is 19.9 Å². The quantitative estimate of drug-likeness (QED) is 0.569. The SMILES string of the molecule is CC(C)SC(C)C#N. The molecule has 0 aliphatic carbocycles. The molecule has 0 saturated carbocycles. The Labute approximate surface area is 55.1 Å². The van der Waals surface area contributed by atoms with Crippen molar-refractivity contribution in [2.24, 2.45) is 0 Å². The molecule has 0 aliphatic heterocycles. The minimum Gasteiger partial charge on any atom is -0.197 e. The zero-order valence-corrected chi connectivity index (χ0v) is 6.33. The molecular formula is C6H11NS. The molecule has 0 saturated heterocycles. The smallest absolute Gasteiger partial charge is 0.0891 e. The van der Waals surface area contributed by atoms with Crippen molar-refractivity contribution in [2.75, 3.05) is 0 Å². The third-order valence-corrected chi connectivity index (χ3v) is 1.72. The molecule has 0 aromatic carbocycles. The molecule has 0 bridgehead atoms. The lowest BCUT2D eigenvalue weighted by Crippen LogP contribution is -1.96. The summed E-state index contributed by atoms with van der Waals surface area (Å²) >= 11 is 1.69. The van der Waals surface area contributed by atoms with Gasteiger partial charge >= 0.3 is 0 Å². The van der Waals surface area contributed by atoms with Gasteiger partial charge in [-0.05, 0) is 6.92 Å². The molecular weight excluding hydrogens is 118 g/mol. The van der Waals surface area contributed by atoms with Gasteiger partial charge in [-0.2, -0.15) is 5.26 Å². The van der Waals surface area contributed by atoms with Gasteiger partial charge in [-0.25, -0.2) is 0 Å². The fourth-order valence-electron chi connectivity index (χ4n) is 0.439. The lowest BCUT2D eigenvalue weighted by atomic mass is 10.5. The fourth-order valence-corrected chi connectivity index (χ4v) is 1.32. The molecule has 8 heavy (non-hydrogen) atoms. The molecule has 0 aliphatic rings. The second kappa shape index (κ2) is 3.80. The topological polar surface area (TPSA) is 23.8 Å². The standard InChI is InChI=1S/C6H11NS/c1-5(2)8-6(3)4-7/h5-6H,1-3H3. The van der Waals surface area contributed by atoms with Gasteiger partial charge in [0.05, 0.1) is 11.3 Å². The van der Waals surface area contributed by atoms with Crippen LogP contribution in [0.1, 0.15) is 20.8 Å². The highest BCUT2D eigenvalue weighted by Gasteiger charge is 2.00. The molecule has 0 N–H and O–H groups in total. The van der Waals surface area contributed by atoms with E-state index in [-0.39, 0.29) is 5.25 Å². The van der Waals surface area contributed by atoms with E-state index in [0.29, 0.717) is 5.25 Å². The van der Waals surface area contributed by atoms with Crippen LogP contribution in [-0.2, 0) is 0 Å². The first-order valence-corrected chi connectivity index (χ1v) is 3.66. The van der Waals surface area contributed by atoms with Crippen LogP contribution in [0.15, 0.2) is 0 Å². The van der Waals surface area contributed by atoms with Gasteiger partial charge in [0.15, 0.2) is 0 Å². The third-order valence-electron chi connectivity index (χ3n) is 0.658. The van der Waals surface area contributed by atoms with E-state index in [1.807, 2.05) is 6.92 Å². The van der Waals surface area contributed by atoms with Gasteiger partial charge in [0, 0.05) is 5.25 Å². The van der Waals surface area contributed by atoms with E-state index in [1.165, 1.54) is 0 Å². The van der Waals surface area contributed by atoms with Crippen molar-refractivity contribution in [3.05, 3.63) is 0 Å². The molecule has 0 aromatic rings. The summed E-state index contributed by atoms with van der Waals surface area (Å²) in [4.78, 5) is 0. The third kappa shape index (κ3) is 4.01. The summed E-state index contributed by atoms with van der Waals surface area (Å²) in [5.74, 6) is 0. The van der Waals surface area contributed by atoms with Gasteiger partial charge in [-0.1, -0.05) is 13.8 Å². The Kier molecular flexibility index (Phi) is 3.72. The molecule has 46 valence electrons. The minimum atomic E-state index is 0.148. The molecule has 0 fully saturated rings. The van der Waals surface area contributed by atoms with Crippen LogP contribution in [0.5, 0.6) is 0 Å². The summed E-state index contributed by atoms with van der Waals surface area (Å²) in [7, 11) is 0. The first-order chi connectivity index (χ1) is 3.66. The van der Waals surface area contributed by atoms with Crippen molar-refractivity contribution in [1.29, 1.82) is 5.26 Å². The van der Waals surface area contributed by atoms with Gasteiger partial charge < -0.3 is 0 Å². The maximum absolute atomic E-state index is 8.31. The van der Waals surface area contributed by atoms with Crippen LogP contribution >= 0.6 is 11.8 Å². The van der Waals surface area contributed by atoms with E-state index in [0.717, 1.165) is 0 Å². The molecule has 2 heteroatoms. The minimum absolute atomic E-state index is 0.148. The average Bonchev–Trinajstić information content (AvgIpc) is 1.65. The predicted octanol–water partition coefficient (Wildman–Crippen LogP) is 2.04. The summed E-state index contributed by atoms with van der Waals surface area (Å²) in [6.07, 6.45) is 0. The monoisotopic (exact) mass is 129 g/mol. The van der Waals surface area contributed by atoms with Gasteiger partial charge in [0.25, 0.3) is 0 Å². The molecule has 1 nitrogen and oxygen atoms in total. The molecule has 1 atom stereocenters. The number of nitriles is 1. The summed E-state index contributed by atoms with van der Waals surface area (Å²) in [5.41, 5.74) is 0. The van der Waals surface area contributed by atoms with E-state index in [4.69, 9.17) is 5.26 Å². The molecule has 0 rings (SSSR count). The molecule has 0 aromatic heterocycles. The normalized spacial score (nSPS) is 13.4. The summed E-state index contributed by atoms with van der Waals surface area (Å²) in [5, 5.41) is 9.03. The Balaban J connectivity index is 3.28. The van der Waals surface area contributed by atoms with Gasteiger partial charge in [0.2, 0.25) is 0 Å². The molecule has 0 spiro atoms. The van der Waals surface area contributed by atoms with Crippen LogP contribution < -0.4 is 0 Å². The van der Waals surface area contributed by atoms with Crippen LogP contribution in [0.3, 0.4) is 0 Å². The lowest BCUT2D eigenvalue weighted by molar-refractivity contribution is 1.09. The number of rotatable bonds is 2. The largest absolute Gasteiger partial charge is 0.197 e. The number of nitrogens with zero attached hydrogens (tertiary/aromatic N) is 1.